The molecule has 0 fully saturated rings. The minimum atomic E-state index is -0.428. The van der Waals surface area contributed by atoms with E-state index in [0.29, 0.717) is 12.1 Å². The fourth-order valence-corrected chi connectivity index (χ4v) is 2.39. The van der Waals surface area contributed by atoms with Crippen LogP contribution in [-0.4, -0.2) is 34.5 Å². The number of carbonyl (C=O) groups excluding carboxylic acids is 1. The fraction of sp³-hybridized carbons (Fsp3) is 0.412. The molecule has 5 nitrogen and oxygen atoms in total. The lowest BCUT2D eigenvalue weighted by atomic mass is 10.2. The van der Waals surface area contributed by atoms with Gasteiger partial charge in [-0.05, 0) is 17.7 Å². The zero-order chi connectivity index (χ0) is 17.0. The highest BCUT2D eigenvalue weighted by Crippen LogP contribution is 2.18. The van der Waals surface area contributed by atoms with Crippen LogP contribution in [0, 0.1) is 5.82 Å². The Kier molecular flexibility index (Phi) is 5.36. The Hall–Kier alpha value is -2.37. The summed E-state index contributed by atoms with van der Waals surface area (Å²) < 4.78 is 20.4. The first-order chi connectivity index (χ1) is 10.9. The first kappa shape index (κ1) is 17.0. The van der Waals surface area contributed by atoms with Gasteiger partial charge in [-0.15, -0.1) is 0 Å². The molecule has 0 N–H and O–H groups in total. The predicted molar refractivity (Wildman–Crippen MR) is 85.7 cm³/mol. The summed E-state index contributed by atoms with van der Waals surface area (Å²) in [5.41, 5.74) is 0.717. The molecule has 1 aromatic heterocycles. The number of imidazole rings is 1. The zero-order valence-electron chi connectivity index (χ0n) is 13.9. The zero-order valence-corrected chi connectivity index (χ0v) is 13.9. The van der Waals surface area contributed by atoms with Crippen molar-refractivity contribution in [3.63, 3.8) is 0 Å². The standard InChI is InChI=1S/C17H22FN3O2/c1-12(2)17-19-7-8-21(17)11-16(22)20(3)10-13-5-6-15(23-4)14(18)9-13/h5-9,12H,10-11H2,1-4H3. The largest absolute Gasteiger partial charge is 0.494 e. The molecule has 0 radical (unpaired) electrons. The van der Waals surface area contributed by atoms with Crippen LogP contribution in [0.5, 0.6) is 5.75 Å². The number of methoxy groups -OCH3 is 1. The third kappa shape index (κ3) is 4.09. The summed E-state index contributed by atoms with van der Waals surface area (Å²) in [4.78, 5) is 18.2. The maximum atomic E-state index is 13.7. The van der Waals surface area contributed by atoms with Crippen molar-refractivity contribution in [3.05, 3.63) is 47.8 Å². The maximum Gasteiger partial charge on any atom is 0.242 e. The van der Waals surface area contributed by atoms with Crippen LogP contribution in [0.25, 0.3) is 0 Å². The Labute approximate surface area is 135 Å². The molecule has 1 aromatic carbocycles. The van der Waals surface area contributed by atoms with Gasteiger partial charge in [-0.2, -0.15) is 0 Å². The molecule has 0 aliphatic rings. The van der Waals surface area contributed by atoms with Crippen molar-refractivity contribution in [2.24, 2.45) is 0 Å². The maximum absolute atomic E-state index is 13.7. The molecular formula is C17H22FN3O2. The Balaban J connectivity index is 2.02. The lowest BCUT2D eigenvalue weighted by Gasteiger charge is -2.19. The van der Waals surface area contributed by atoms with Gasteiger partial charge < -0.3 is 14.2 Å². The van der Waals surface area contributed by atoms with Crippen molar-refractivity contribution in [2.45, 2.75) is 32.9 Å². The molecule has 6 heteroatoms. The van der Waals surface area contributed by atoms with E-state index in [4.69, 9.17) is 4.74 Å². The van der Waals surface area contributed by atoms with Crippen LogP contribution in [0.1, 0.15) is 31.2 Å². The fourth-order valence-electron chi connectivity index (χ4n) is 2.39. The van der Waals surface area contributed by atoms with Crippen LogP contribution < -0.4 is 4.74 Å². The quantitative estimate of drug-likeness (QED) is 0.822. The highest BCUT2D eigenvalue weighted by Gasteiger charge is 2.14. The summed E-state index contributed by atoms with van der Waals surface area (Å²) in [6.07, 6.45) is 3.50. The van der Waals surface area contributed by atoms with Crippen LogP contribution in [0.15, 0.2) is 30.6 Å². The second kappa shape index (κ2) is 7.26. The van der Waals surface area contributed by atoms with Gasteiger partial charge in [0.05, 0.1) is 7.11 Å². The highest BCUT2D eigenvalue weighted by atomic mass is 19.1. The van der Waals surface area contributed by atoms with Crippen molar-refractivity contribution in [2.75, 3.05) is 14.2 Å². The van der Waals surface area contributed by atoms with Crippen LogP contribution in [-0.2, 0) is 17.9 Å². The Morgan fingerprint density at radius 1 is 1.43 bits per heavy atom. The average molecular weight is 319 g/mol. The lowest BCUT2D eigenvalue weighted by Crippen LogP contribution is -2.30. The van der Waals surface area contributed by atoms with Crippen LogP contribution in [0.4, 0.5) is 4.39 Å². The van der Waals surface area contributed by atoms with E-state index in [-0.39, 0.29) is 24.1 Å². The van der Waals surface area contributed by atoms with Gasteiger partial charge in [-0.1, -0.05) is 19.9 Å². The summed E-state index contributed by atoms with van der Waals surface area (Å²) >= 11 is 0. The van der Waals surface area contributed by atoms with E-state index < -0.39 is 5.82 Å². The Morgan fingerprint density at radius 3 is 2.78 bits per heavy atom. The number of rotatable bonds is 6. The first-order valence-corrected chi connectivity index (χ1v) is 7.49. The number of halogens is 1. The molecule has 2 rings (SSSR count). The minimum absolute atomic E-state index is 0.0545. The number of ether oxygens (including phenoxy) is 1. The molecule has 23 heavy (non-hydrogen) atoms. The normalized spacial score (nSPS) is 10.9. The van der Waals surface area contributed by atoms with Gasteiger partial charge in [0.2, 0.25) is 5.91 Å². The van der Waals surface area contributed by atoms with E-state index in [2.05, 4.69) is 4.98 Å². The number of amides is 1. The van der Waals surface area contributed by atoms with Gasteiger partial charge >= 0.3 is 0 Å². The van der Waals surface area contributed by atoms with Gasteiger partial charge in [-0.25, -0.2) is 9.37 Å². The molecule has 0 saturated carbocycles. The second-order valence-electron chi connectivity index (χ2n) is 5.79. The molecule has 0 atom stereocenters. The third-order valence-corrected chi connectivity index (χ3v) is 3.63. The van der Waals surface area contributed by atoms with Crippen LogP contribution in [0.3, 0.4) is 0 Å². The summed E-state index contributed by atoms with van der Waals surface area (Å²) in [6.45, 7) is 4.63. The van der Waals surface area contributed by atoms with E-state index in [1.54, 1.807) is 36.5 Å². The average Bonchev–Trinajstić information content (AvgIpc) is 2.95. The van der Waals surface area contributed by atoms with Gasteiger partial charge in [0.15, 0.2) is 11.6 Å². The van der Waals surface area contributed by atoms with Crippen LogP contribution >= 0.6 is 0 Å². The second-order valence-corrected chi connectivity index (χ2v) is 5.79. The summed E-state index contributed by atoms with van der Waals surface area (Å²) in [7, 11) is 3.13. The molecule has 1 heterocycles. The van der Waals surface area contributed by atoms with Crippen LogP contribution in [0.2, 0.25) is 0 Å². The lowest BCUT2D eigenvalue weighted by molar-refractivity contribution is -0.131. The smallest absolute Gasteiger partial charge is 0.242 e. The predicted octanol–water partition coefficient (Wildman–Crippen LogP) is 2.81. The molecule has 0 bridgehead atoms. The van der Waals surface area contributed by atoms with Crippen molar-refractivity contribution in [1.82, 2.24) is 14.5 Å². The Bertz CT molecular complexity index is 682. The highest BCUT2D eigenvalue weighted by molar-refractivity contribution is 5.75. The van der Waals surface area contributed by atoms with Crippen molar-refractivity contribution < 1.29 is 13.9 Å². The third-order valence-electron chi connectivity index (χ3n) is 3.63. The monoisotopic (exact) mass is 319 g/mol. The van der Waals surface area contributed by atoms with E-state index >= 15 is 0 Å². The summed E-state index contributed by atoms with van der Waals surface area (Å²) in [5, 5.41) is 0. The van der Waals surface area contributed by atoms with E-state index in [1.165, 1.54) is 13.2 Å². The number of likely N-dealkylation sites (N-methyl/N-ethyl adjacent to an activating group) is 1. The Morgan fingerprint density at radius 2 is 2.17 bits per heavy atom. The number of hydrogen-bond donors (Lipinski definition) is 0. The number of carbonyl (C=O) groups is 1. The summed E-state index contributed by atoms with van der Waals surface area (Å²) in [6, 6.07) is 4.71. The number of hydrogen-bond acceptors (Lipinski definition) is 3. The summed E-state index contributed by atoms with van der Waals surface area (Å²) in [5.74, 6) is 0.840. The molecule has 0 unspecified atom stereocenters. The molecule has 0 aliphatic carbocycles. The number of benzene rings is 1. The van der Waals surface area contributed by atoms with Crippen molar-refractivity contribution in [1.29, 1.82) is 0 Å². The number of aromatic nitrogens is 2. The molecular weight excluding hydrogens is 297 g/mol. The van der Waals surface area contributed by atoms with E-state index in [9.17, 15) is 9.18 Å². The first-order valence-electron chi connectivity index (χ1n) is 7.49. The van der Waals surface area contributed by atoms with E-state index in [1.807, 2.05) is 18.4 Å². The van der Waals surface area contributed by atoms with E-state index in [0.717, 1.165) is 5.82 Å². The van der Waals surface area contributed by atoms with Gasteiger partial charge in [0.25, 0.3) is 0 Å². The minimum Gasteiger partial charge on any atom is -0.494 e. The molecule has 124 valence electrons. The van der Waals surface area contributed by atoms with Gasteiger partial charge in [0.1, 0.15) is 12.4 Å². The van der Waals surface area contributed by atoms with Crippen molar-refractivity contribution >= 4 is 5.91 Å². The molecule has 0 aliphatic heterocycles. The molecule has 1 amide bonds. The number of nitrogens with zero attached hydrogens (tertiary/aromatic N) is 3. The topological polar surface area (TPSA) is 47.4 Å². The van der Waals surface area contributed by atoms with Gasteiger partial charge in [0, 0.05) is 31.9 Å². The SMILES string of the molecule is COc1ccc(CN(C)C(=O)Cn2ccnc2C(C)C)cc1F. The molecule has 0 saturated heterocycles. The molecule has 0 spiro atoms. The molecule has 2 aromatic rings. The van der Waals surface area contributed by atoms with Crippen molar-refractivity contribution in [3.8, 4) is 5.75 Å². The van der Waals surface area contributed by atoms with Gasteiger partial charge in [-0.3, -0.25) is 4.79 Å².